The maximum Gasteiger partial charge on any atom is 0.335 e. The van der Waals surface area contributed by atoms with E-state index in [9.17, 15) is 9.59 Å². The molecule has 2 aliphatic heterocycles. The van der Waals surface area contributed by atoms with Gasteiger partial charge in [0, 0.05) is 45.2 Å². The van der Waals surface area contributed by atoms with Gasteiger partial charge in [-0.2, -0.15) is 0 Å². The van der Waals surface area contributed by atoms with Gasteiger partial charge in [0.05, 0.1) is 12.1 Å². The number of piperidine rings is 1. The molecule has 1 unspecified atom stereocenters. The van der Waals surface area contributed by atoms with Crippen LogP contribution >= 0.6 is 0 Å². The molecule has 6 nitrogen and oxygen atoms in total. The highest BCUT2D eigenvalue weighted by molar-refractivity contribution is 5.87. The Kier molecular flexibility index (Phi) is 6.27. The zero-order chi connectivity index (χ0) is 18.5. The molecule has 2 fully saturated rings. The molecule has 0 aromatic heterocycles. The zero-order valence-electron chi connectivity index (χ0n) is 15.6. The van der Waals surface area contributed by atoms with E-state index in [1.807, 2.05) is 17.0 Å². The third-order valence-corrected chi connectivity index (χ3v) is 5.67. The number of hydrogen-bond acceptors (Lipinski definition) is 4. The minimum Gasteiger partial charge on any atom is -0.478 e. The van der Waals surface area contributed by atoms with Crippen molar-refractivity contribution in [2.75, 3.05) is 52.4 Å². The molecule has 0 saturated carbocycles. The second-order valence-corrected chi connectivity index (χ2v) is 7.32. The second kappa shape index (κ2) is 8.64. The molecule has 1 amide bonds. The molecular weight excluding hydrogens is 330 g/mol. The van der Waals surface area contributed by atoms with Gasteiger partial charge < -0.3 is 14.9 Å². The van der Waals surface area contributed by atoms with E-state index in [0.717, 1.165) is 64.2 Å². The Bertz CT molecular complexity index is 624. The lowest BCUT2D eigenvalue weighted by molar-refractivity contribution is -0.134. The molecule has 1 aromatic rings. The van der Waals surface area contributed by atoms with E-state index in [1.54, 1.807) is 12.1 Å². The van der Waals surface area contributed by atoms with Crippen LogP contribution in [0.25, 0.3) is 0 Å². The van der Waals surface area contributed by atoms with Crippen molar-refractivity contribution in [1.82, 2.24) is 14.7 Å². The van der Waals surface area contributed by atoms with E-state index in [4.69, 9.17) is 5.11 Å². The number of carboxylic acid groups (broad SMARTS) is 1. The van der Waals surface area contributed by atoms with E-state index >= 15 is 0 Å². The Morgan fingerprint density at radius 2 is 1.69 bits per heavy atom. The molecule has 2 heterocycles. The van der Waals surface area contributed by atoms with Crippen LogP contribution in [0.15, 0.2) is 24.3 Å². The summed E-state index contributed by atoms with van der Waals surface area (Å²) < 4.78 is 0. The summed E-state index contributed by atoms with van der Waals surface area (Å²) in [5, 5.41) is 9.03. The van der Waals surface area contributed by atoms with Gasteiger partial charge in [-0.25, -0.2) is 4.79 Å². The SMILES string of the molecule is CCN1CCN(CC(=O)N2CCCC(c3ccc(C(=O)O)cc3)C2)CC1. The number of likely N-dealkylation sites (N-methyl/N-ethyl adjacent to an activating group) is 1. The molecule has 2 aliphatic rings. The van der Waals surface area contributed by atoms with Gasteiger partial charge in [-0.05, 0) is 37.1 Å². The van der Waals surface area contributed by atoms with Gasteiger partial charge in [0.25, 0.3) is 0 Å². The van der Waals surface area contributed by atoms with Crippen LogP contribution in [-0.4, -0.2) is 84.0 Å². The topological polar surface area (TPSA) is 64.1 Å². The minimum absolute atomic E-state index is 0.224. The van der Waals surface area contributed by atoms with Crippen molar-refractivity contribution >= 4 is 11.9 Å². The summed E-state index contributed by atoms with van der Waals surface area (Å²) in [7, 11) is 0. The first kappa shape index (κ1) is 18.9. The first-order valence-corrected chi connectivity index (χ1v) is 9.62. The van der Waals surface area contributed by atoms with Gasteiger partial charge in [0.1, 0.15) is 0 Å². The van der Waals surface area contributed by atoms with Gasteiger partial charge in [-0.15, -0.1) is 0 Å². The van der Waals surface area contributed by atoms with Crippen molar-refractivity contribution in [1.29, 1.82) is 0 Å². The van der Waals surface area contributed by atoms with Gasteiger partial charge in [0.15, 0.2) is 0 Å². The monoisotopic (exact) mass is 359 g/mol. The average molecular weight is 359 g/mol. The lowest BCUT2D eigenvalue weighted by Gasteiger charge is -2.37. The molecule has 6 heteroatoms. The second-order valence-electron chi connectivity index (χ2n) is 7.32. The number of aromatic carboxylic acids is 1. The van der Waals surface area contributed by atoms with Gasteiger partial charge in [0.2, 0.25) is 5.91 Å². The highest BCUT2D eigenvalue weighted by Gasteiger charge is 2.27. The number of nitrogens with zero attached hydrogens (tertiary/aromatic N) is 3. The number of carboxylic acids is 1. The standard InChI is InChI=1S/C20H29N3O3/c1-2-21-10-12-22(13-11-21)15-19(24)23-9-3-4-18(14-23)16-5-7-17(8-6-16)20(25)26/h5-8,18H,2-4,9-15H2,1H3,(H,25,26). The van der Waals surface area contributed by atoms with Crippen molar-refractivity contribution < 1.29 is 14.7 Å². The van der Waals surface area contributed by atoms with Crippen LogP contribution in [0.2, 0.25) is 0 Å². The molecule has 0 radical (unpaired) electrons. The Morgan fingerprint density at radius 3 is 2.31 bits per heavy atom. The third-order valence-electron chi connectivity index (χ3n) is 5.67. The number of carbonyl (C=O) groups excluding carboxylic acids is 1. The number of piperazine rings is 1. The fourth-order valence-corrected chi connectivity index (χ4v) is 3.93. The molecule has 0 bridgehead atoms. The van der Waals surface area contributed by atoms with E-state index in [0.29, 0.717) is 18.0 Å². The number of benzene rings is 1. The van der Waals surface area contributed by atoms with Crippen LogP contribution in [0.4, 0.5) is 0 Å². The number of hydrogen-bond donors (Lipinski definition) is 1. The molecule has 1 aromatic carbocycles. The van der Waals surface area contributed by atoms with E-state index in [-0.39, 0.29) is 5.91 Å². The summed E-state index contributed by atoms with van der Waals surface area (Å²) in [6, 6.07) is 7.11. The summed E-state index contributed by atoms with van der Waals surface area (Å²) in [5.74, 6) is -0.380. The summed E-state index contributed by atoms with van der Waals surface area (Å²) in [6.07, 6.45) is 2.05. The number of rotatable bonds is 5. The van der Waals surface area contributed by atoms with E-state index < -0.39 is 5.97 Å². The molecule has 3 rings (SSSR count). The van der Waals surface area contributed by atoms with Crippen LogP contribution in [0.5, 0.6) is 0 Å². The van der Waals surface area contributed by atoms with E-state index in [2.05, 4.69) is 16.7 Å². The lowest BCUT2D eigenvalue weighted by Crippen LogP contribution is -2.51. The lowest BCUT2D eigenvalue weighted by atomic mass is 9.90. The quantitative estimate of drug-likeness (QED) is 0.867. The molecule has 26 heavy (non-hydrogen) atoms. The largest absolute Gasteiger partial charge is 0.478 e. The predicted molar refractivity (Wildman–Crippen MR) is 101 cm³/mol. The van der Waals surface area contributed by atoms with Crippen LogP contribution in [0.3, 0.4) is 0 Å². The number of likely N-dealkylation sites (tertiary alicyclic amines) is 1. The van der Waals surface area contributed by atoms with Crippen molar-refractivity contribution in [3.8, 4) is 0 Å². The molecule has 1 atom stereocenters. The van der Waals surface area contributed by atoms with Gasteiger partial charge in [-0.1, -0.05) is 19.1 Å². The smallest absolute Gasteiger partial charge is 0.335 e. The molecule has 142 valence electrons. The summed E-state index contributed by atoms with van der Waals surface area (Å²) in [5.41, 5.74) is 1.44. The highest BCUT2D eigenvalue weighted by atomic mass is 16.4. The molecule has 2 saturated heterocycles. The number of carbonyl (C=O) groups is 2. The van der Waals surface area contributed by atoms with Crippen molar-refractivity contribution in [3.63, 3.8) is 0 Å². The first-order chi connectivity index (χ1) is 12.6. The van der Waals surface area contributed by atoms with Crippen LogP contribution in [-0.2, 0) is 4.79 Å². The molecule has 1 N–H and O–H groups in total. The summed E-state index contributed by atoms with van der Waals surface area (Å²) in [4.78, 5) is 30.4. The fourth-order valence-electron chi connectivity index (χ4n) is 3.93. The van der Waals surface area contributed by atoms with Crippen LogP contribution in [0, 0.1) is 0 Å². The highest BCUT2D eigenvalue weighted by Crippen LogP contribution is 2.27. The Hall–Kier alpha value is -1.92. The fraction of sp³-hybridized carbons (Fsp3) is 0.600. The maximum absolute atomic E-state index is 12.7. The van der Waals surface area contributed by atoms with Crippen molar-refractivity contribution in [3.05, 3.63) is 35.4 Å². The summed E-state index contributed by atoms with van der Waals surface area (Å²) >= 11 is 0. The average Bonchev–Trinajstić information content (AvgIpc) is 2.68. The zero-order valence-corrected chi connectivity index (χ0v) is 15.6. The molecular formula is C20H29N3O3. The predicted octanol–water partition coefficient (Wildman–Crippen LogP) is 1.73. The van der Waals surface area contributed by atoms with E-state index in [1.165, 1.54) is 0 Å². The number of amides is 1. The van der Waals surface area contributed by atoms with Crippen molar-refractivity contribution in [2.45, 2.75) is 25.7 Å². The molecule has 0 aliphatic carbocycles. The Balaban J connectivity index is 1.54. The van der Waals surface area contributed by atoms with Gasteiger partial charge in [-0.3, -0.25) is 9.69 Å². The summed E-state index contributed by atoms with van der Waals surface area (Å²) in [6.45, 7) is 9.36. The van der Waals surface area contributed by atoms with Crippen LogP contribution < -0.4 is 0 Å². The maximum atomic E-state index is 12.7. The third kappa shape index (κ3) is 4.62. The van der Waals surface area contributed by atoms with Crippen LogP contribution in [0.1, 0.15) is 41.6 Å². The Labute approximate surface area is 155 Å². The van der Waals surface area contributed by atoms with Gasteiger partial charge >= 0.3 is 5.97 Å². The molecule has 0 spiro atoms. The normalized spacial score (nSPS) is 22.3. The van der Waals surface area contributed by atoms with Crippen molar-refractivity contribution in [2.24, 2.45) is 0 Å². The minimum atomic E-state index is -0.903. The first-order valence-electron chi connectivity index (χ1n) is 9.62. The Morgan fingerprint density at radius 1 is 1.04 bits per heavy atom.